The smallest absolute Gasteiger partial charge is 0.191 e. The molecule has 0 amide bonds. The van der Waals surface area contributed by atoms with E-state index in [1.807, 2.05) is 18.2 Å². The summed E-state index contributed by atoms with van der Waals surface area (Å²) in [5, 5.41) is 6.65. The van der Waals surface area contributed by atoms with Crippen LogP contribution in [0, 0.1) is 0 Å². The predicted molar refractivity (Wildman–Crippen MR) is 69.7 cm³/mol. The van der Waals surface area contributed by atoms with E-state index in [1.165, 1.54) is 0 Å². The van der Waals surface area contributed by atoms with Crippen LogP contribution in [0.5, 0.6) is 0 Å². The number of aliphatic imine (C=N–C) groups is 1. The fourth-order valence-electron chi connectivity index (χ4n) is 1.80. The second kappa shape index (κ2) is 6.03. The third-order valence-corrected chi connectivity index (χ3v) is 2.74. The number of hydrogen-bond acceptors (Lipinski definition) is 2. The first kappa shape index (κ1) is 11.6. The Labute approximate surface area is 102 Å². The summed E-state index contributed by atoms with van der Waals surface area (Å²) in [5.74, 6) is 0.837. The molecule has 0 aliphatic heterocycles. The Kier molecular flexibility index (Phi) is 4.13. The summed E-state index contributed by atoms with van der Waals surface area (Å²) in [6.07, 6.45) is 8.34. The second-order valence-electron chi connectivity index (χ2n) is 4.03. The van der Waals surface area contributed by atoms with Crippen molar-refractivity contribution < 1.29 is 0 Å². The zero-order chi connectivity index (χ0) is 11.9. The first-order valence-electron chi connectivity index (χ1n) is 5.90. The van der Waals surface area contributed by atoms with Crippen molar-refractivity contribution in [3.63, 3.8) is 0 Å². The van der Waals surface area contributed by atoms with Crippen molar-refractivity contribution in [2.24, 2.45) is 4.99 Å². The maximum atomic E-state index is 4.26. The largest absolute Gasteiger partial charge is 0.353 e. The van der Waals surface area contributed by atoms with Crippen molar-refractivity contribution in [2.45, 2.75) is 25.4 Å². The van der Waals surface area contributed by atoms with Gasteiger partial charge in [0.2, 0.25) is 0 Å². The van der Waals surface area contributed by atoms with Gasteiger partial charge in [0.15, 0.2) is 5.96 Å². The maximum absolute atomic E-state index is 4.26. The van der Waals surface area contributed by atoms with E-state index < -0.39 is 0 Å². The summed E-state index contributed by atoms with van der Waals surface area (Å²) in [6.45, 7) is 0.695. The highest BCUT2D eigenvalue weighted by atomic mass is 15.2. The summed E-state index contributed by atoms with van der Waals surface area (Å²) >= 11 is 0. The molecule has 0 spiro atoms. The lowest BCUT2D eigenvalue weighted by Crippen LogP contribution is -2.42. The van der Waals surface area contributed by atoms with Gasteiger partial charge < -0.3 is 10.6 Å². The lowest BCUT2D eigenvalue weighted by atomic mass is 10.2. The number of nitrogens with one attached hydrogen (secondary N) is 2. The molecule has 90 valence electrons. The Morgan fingerprint density at radius 1 is 1.41 bits per heavy atom. The van der Waals surface area contributed by atoms with Crippen LogP contribution in [-0.2, 0) is 6.54 Å². The minimum Gasteiger partial charge on any atom is -0.353 e. The van der Waals surface area contributed by atoms with Gasteiger partial charge in [0.25, 0.3) is 0 Å². The van der Waals surface area contributed by atoms with Crippen LogP contribution in [0.1, 0.15) is 18.5 Å². The molecule has 0 radical (unpaired) electrons. The average molecular weight is 230 g/mol. The Bertz CT molecular complexity index is 389. The monoisotopic (exact) mass is 230 g/mol. The Hall–Kier alpha value is -1.84. The zero-order valence-corrected chi connectivity index (χ0v) is 10.1. The van der Waals surface area contributed by atoms with Gasteiger partial charge >= 0.3 is 0 Å². The van der Waals surface area contributed by atoms with Crippen LogP contribution in [0.25, 0.3) is 0 Å². The second-order valence-corrected chi connectivity index (χ2v) is 4.03. The molecule has 1 heterocycles. The van der Waals surface area contributed by atoms with Crippen LogP contribution >= 0.6 is 0 Å². The fraction of sp³-hybridized carbons (Fsp3) is 0.385. The summed E-state index contributed by atoms with van der Waals surface area (Å²) < 4.78 is 0. The number of nitrogens with zero attached hydrogens (tertiary/aromatic N) is 2. The van der Waals surface area contributed by atoms with E-state index in [4.69, 9.17) is 0 Å². The van der Waals surface area contributed by atoms with Crippen molar-refractivity contribution in [1.82, 2.24) is 15.6 Å². The van der Waals surface area contributed by atoms with E-state index in [1.54, 1.807) is 13.2 Å². The quantitative estimate of drug-likeness (QED) is 0.469. The van der Waals surface area contributed by atoms with Crippen LogP contribution < -0.4 is 10.6 Å². The van der Waals surface area contributed by atoms with Crippen molar-refractivity contribution in [3.8, 4) is 0 Å². The van der Waals surface area contributed by atoms with Crippen molar-refractivity contribution >= 4 is 5.96 Å². The number of pyridine rings is 1. The average Bonchev–Trinajstić information content (AvgIpc) is 2.88. The molecule has 0 saturated heterocycles. The first-order valence-corrected chi connectivity index (χ1v) is 5.90. The van der Waals surface area contributed by atoms with Gasteiger partial charge in [-0.3, -0.25) is 9.98 Å². The van der Waals surface area contributed by atoms with Gasteiger partial charge in [0.05, 0.1) is 12.2 Å². The third-order valence-electron chi connectivity index (χ3n) is 2.74. The van der Waals surface area contributed by atoms with Gasteiger partial charge in [-0.1, -0.05) is 18.2 Å². The van der Waals surface area contributed by atoms with Crippen LogP contribution in [-0.4, -0.2) is 24.0 Å². The van der Waals surface area contributed by atoms with Gasteiger partial charge in [-0.05, 0) is 25.0 Å². The molecular weight excluding hydrogens is 212 g/mol. The number of hydrogen-bond donors (Lipinski definition) is 2. The highest BCUT2D eigenvalue weighted by Crippen LogP contribution is 2.08. The number of guanidine groups is 1. The summed E-state index contributed by atoms with van der Waals surface area (Å²) in [4.78, 5) is 8.46. The van der Waals surface area contributed by atoms with E-state index in [0.29, 0.717) is 12.6 Å². The minimum atomic E-state index is 0.477. The highest BCUT2D eigenvalue weighted by molar-refractivity contribution is 5.80. The van der Waals surface area contributed by atoms with Crippen LogP contribution in [0.3, 0.4) is 0 Å². The molecule has 0 aromatic carbocycles. The van der Waals surface area contributed by atoms with Gasteiger partial charge in [-0.25, -0.2) is 0 Å². The van der Waals surface area contributed by atoms with Crippen molar-refractivity contribution in [1.29, 1.82) is 0 Å². The normalized spacial score (nSPS) is 16.2. The van der Waals surface area contributed by atoms with Crippen LogP contribution in [0.4, 0.5) is 0 Å². The van der Waals surface area contributed by atoms with E-state index >= 15 is 0 Å². The molecule has 1 aromatic rings. The molecule has 0 fully saturated rings. The number of aromatic nitrogens is 1. The van der Waals surface area contributed by atoms with E-state index in [0.717, 1.165) is 24.5 Å². The van der Waals surface area contributed by atoms with E-state index in [-0.39, 0.29) is 0 Å². The summed E-state index contributed by atoms with van der Waals surface area (Å²) in [6, 6.07) is 6.38. The van der Waals surface area contributed by atoms with Gasteiger partial charge in [-0.2, -0.15) is 0 Å². The Morgan fingerprint density at radius 2 is 2.24 bits per heavy atom. The Balaban J connectivity index is 1.80. The molecule has 1 aromatic heterocycles. The van der Waals surface area contributed by atoms with Gasteiger partial charge in [-0.15, -0.1) is 0 Å². The SMILES string of the molecule is CN=C(NCc1ccccn1)NC1CC=CC1. The molecular formula is C13H18N4. The molecule has 2 rings (SSSR count). The lowest BCUT2D eigenvalue weighted by molar-refractivity contribution is 0.632. The van der Waals surface area contributed by atoms with E-state index in [2.05, 4.69) is 32.8 Å². The van der Waals surface area contributed by atoms with Gasteiger partial charge in [0, 0.05) is 19.3 Å². The summed E-state index contributed by atoms with van der Waals surface area (Å²) in [7, 11) is 1.79. The molecule has 4 nitrogen and oxygen atoms in total. The van der Waals surface area contributed by atoms with Crippen LogP contribution in [0.15, 0.2) is 41.5 Å². The zero-order valence-electron chi connectivity index (χ0n) is 10.1. The van der Waals surface area contributed by atoms with E-state index in [9.17, 15) is 0 Å². The predicted octanol–water partition coefficient (Wildman–Crippen LogP) is 1.47. The lowest BCUT2D eigenvalue weighted by Gasteiger charge is -2.16. The highest BCUT2D eigenvalue weighted by Gasteiger charge is 2.11. The van der Waals surface area contributed by atoms with Crippen LogP contribution in [0.2, 0.25) is 0 Å². The topological polar surface area (TPSA) is 49.3 Å². The molecule has 1 aliphatic rings. The van der Waals surface area contributed by atoms with Crippen molar-refractivity contribution in [2.75, 3.05) is 7.05 Å². The minimum absolute atomic E-state index is 0.477. The maximum Gasteiger partial charge on any atom is 0.191 e. The van der Waals surface area contributed by atoms with Gasteiger partial charge in [0.1, 0.15) is 0 Å². The molecule has 0 atom stereocenters. The Morgan fingerprint density at radius 3 is 2.88 bits per heavy atom. The molecule has 17 heavy (non-hydrogen) atoms. The first-order chi connectivity index (χ1) is 8.38. The third kappa shape index (κ3) is 3.59. The molecule has 2 N–H and O–H groups in total. The fourth-order valence-corrected chi connectivity index (χ4v) is 1.80. The molecule has 0 bridgehead atoms. The number of rotatable bonds is 3. The molecule has 4 heteroatoms. The summed E-state index contributed by atoms with van der Waals surface area (Å²) in [5.41, 5.74) is 1.01. The molecule has 1 aliphatic carbocycles. The van der Waals surface area contributed by atoms with Crippen molar-refractivity contribution in [3.05, 3.63) is 42.2 Å². The standard InChI is InChI=1S/C13H18N4/c1-14-13(17-11-6-2-3-7-11)16-10-12-8-4-5-9-15-12/h2-5,8-9,11H,6-7,10H2,1H3,(H2,14,16,17). The molecule has 0 saturated carbocycles. The molecule has 0 unspecified atom stereocenters.